The fourth-order valence-electron chi connectivity index (χ4n) is 1.84. The quantitative estimate of drug-likeness (QED) is 0.733. The van der Waals surface area contributed by atoms with Crippen LogP contribution in [0.5, 0.6) is 0 Å². The highest BCUT2D eigenvalue weighted by atomic mass is 19.4. The highest BCUT2D eigenvalue weighted by Gasteiger charge is 2.48. The lowest BCUT2D eigenvalue weighted by molar-refractivity contribution is -0.188. The Morgan fingerprint density at radius 3 is 2.33 bits per heavy atom. The van der Waals surface area contributed by atoms with E-state index in [4.69, 9.17) is 10.5 Å². The maximum absolute atomic E-state index is 12.9. The van der Waals surface area contributed by atoms with Gasteiger partial charge in [-0.3, -0.25) is 4.90 Å². The van der Waals surface area contributed by atoms with Crippen LogP contribution in [0, 0.1) is 0 Å². The van der Waals surface area contributed by atoms with Crippen LogP contribution in [0.3, 0.4) is 0 Å². The summed E-state index contributed by atoms with van der Waals surface area (Å²) < 4.78 is 43.5. The number of amides is 1. The van der Waals surface area contributed by atoms with Gasteiger partial charge in [0, 0.05) is 12.6 Å². The van der Waals surface area contributed by atoms with E-state index in [1.807, 2.05) is 0 Å². The third-order valence-corrected chi connectivity index (χ3v) is 2.65. The van der Waals surface area contributed by atoms with Crippen LogP contribution in [-0.4, -0.2) is 41.4 Å². The van der Waals surface area contributed by atoms with E-state index in [1.54, 1.807) is 20.8 Å². The van der Waals surface area contributed by atoms with Gasteiger partial charge in [0.15, 0.2) is 0 Å². The van der Waals surface area contributed by atoms with Crippen LogP contribution < -0.4 is 5.73 Å². The molecule has 0 unspecified atom stereocenters. The van der Waals surface area contributed by atoms with E-state index < -0.39 is 30.0 Å². The lowest BCUT2D eigenvalue weighted by atomic mass is 9.98. The zero-order valence-electron chi connectivity index (χ0n) is 10.8. The summed E-state index contributed by atoms with van der Waals surface area (Å²) >= 11 is 0. The van der Waals surface area contributed by atoms with Gasteiger partial charge in [-0.15, -0.1) is 0 Å². The van der Waals surface area contributed by atoms with E-state index in [0.29, 0.717) is 6.42 Å². The van der Waals surface area contributed by atoms with Crippen LogP contribution in [0.4, 0.5) is 18.0 Å². The molecule has 0 spiro atoms. The van der Waals surface area contributed by atoms with Crippen molar-refractivity contribution in [2.24, 2.45) is 5.73 Å². The van der Waals surface area contributed by atoms with Gasteiger partial charge in [-0.1, -0.05) is 0 Å². The summed E-state index contributed by atoms with van der Waals surface area (Å²) in [6.45, 7) is 4.82. The Bertz CT molecular complexity index is 312. The van der Waals surface area contributed by atoms with Gasteiger partial charge < -0.3 is 10.5 Å². The number of carbonyl (C=O) groups is 1. The first-order chi connectivity index (χ1) is 8.00. The number of piperidine rings is 1. The molecule has 4 nitrogen and oxygen atoms in total. The number of halogens is 3. The van der Waals surface area contributed by atoms with Gasteiger partial charge in [0.1, 0.15) is 11.6 Å². The summed E-state index contributed by atoms with van der Waals surface area (Å²) in [4.78, 5) is 12.5. The molecule has 1 heterocycles. The van der Waals surface area contributed by atoms with Gasteiger partial charge in [0.2, 0.25) is 0 Å². The van der Waals surface area contributed by atoms with Gasteiger partial charge in [0.05, 0.1) is 0 Å². The van der Waals surface area contributed by atoms with E-state index in [-0.39, 0.29) is 13.0 Å². The first kappa shape index (κ1) is 15.1. The van der Waals surface area contributed by atoms with Crippen LogP contribution in [0.1, 0.15) is 33.6 Å². The predicted octanol–water partition coefficient (Wildman–Crippen LogP) is 2.28. The van der Waals surface area contributed by atoms with Gasteiger partial charge in [0.25, 0.3) is 0 Å². The largest absolute Gasteiger partial charge is 0.444 e. The molecule has 0 bridgehead atoms. The summed E-state index contributed by atoms with van der Waals surface area (Å²) in [5, 5.41) is 0. The lowest BCUT2D eigenvalue weighted by Gasteiger charge is -2.39. The molecular formula is C11H19F3N2O2. The molecule has 2 atom stereocenters. The molecule has 0 aliphatic carbocycles. The van der Waals surface area contributed by atoms with Crippen LogP contribution in [0.15, 0.2) is 0 Å². The Hall–Kier alpha value is -0.980. The van der Waals surface area contributed by atoms with E-state index in [0.717, 1.165) is 4.90 Å². The van der Waals surface area contributed by atoms with Crippen molar-refractivity contribution in [2.75, 3.05) is 6.54 Å². The Morgan fingerprint density at radius 2 is 1.89 bits per heavy atom. The average molecular weight is 268 g/mol. The normalized spacial score (nSPS) is 26.1. The fourth-order valence-corrected chi connectivity index (χ4v) is 1.84. The molecule has 1 fully saturated rings. The lowest BCUT2D eigenvalue weighted by Crippen LogP contribution is -2.56. The number of nitrogens with two attached hydrogens (primary N) is 1. The van der Waals surface area contributed by atoms with Crippen LogP contribution in [0.2, 0.25) is 0 Å². The first-order valence-corrected chi connectivity index (χ1v) is 5.82. The van der Waals surface area contributed by atoms with E-state index in [1.165, 1.54) is 0 Å². The smallest absolute Gasteiger partial charge is 0.410 e. The second-order valence-corrected chi connectivity index (χ2v) is 5.52. The molecule has 0 aromatic rings. The van der Waals surface area contributed by atoms with Crippen LogP contribution >= 0.6 is 0 Å². The van der Waals surface area contributed by atoms with Gasteiger partial charge in [-0.2, -0.15) is 13.2 Å². The minimum atomic E-state index is -4.48. The molecule has 0 saturated carbocycles. The molecule has 7 heteroatoms. The molecule has 18 heavy (non-hydrogen) atoms. The molecule has 1 rings (SSSR count). The van der Waals surface area contributed by atoms with Crippen molar-refractivity contribution >= 4 is 6.09 Å². The maximum Gasteiger partial charge on any atom is 0.410 e. The molecule has 0 aromatic heterocycles. The summed E-state index contributed by atoms with van der Waals surface area (Å²) in [6.07, 6.45) is -5.33. The van der Waals surface area contributed by atoms with Gasteiger partial charge >= 0.3 is 12.3 Å². The van der Waals surface area contributed by atoms with E-state index in [9.17, 15) is 18.0 Å². The second kappa shape index (κ2) is 4.95. The Kier molecular flexibility index (Phi) is 4.15. The molecular weight excluding hydrogens is 249 g/mol. The molecule has 1 aliphatic rings. The van der Waals surface area contributed by atoms with Crippen molar-refractivity contribution in [3.63, 3.8) is 0 Å². The molecule has 1 aliphatic heterocycles. The highest BCUT2D eigenvalue weighted by Crippen LogP contribution is 2.32. The number of ether oxygens (including phenoxy) is 1. The fraction of sp³-hybridized carbons (Fsp3) is 0.909. The van der Waals surface area contributed by atoms with Crippen molar-refractivity contribution in [3.05, 3.63) is 0 Å². The van der Waals surface area contributed by atoms with Gasteiger partial charge in [-0.05, 0) is 33.6 Å². The number of rotatable bonds is 0. The summed E-state index contributed by atoms with van der Waals surface area (Å²) in [7, 11) is 0. The Morgan fingerprint density at radius 1 is 1.33 bits per heavy atom. The number of alkyl halides is 3. The number of likely N-dealkylation sites (tertiary alicyclic amines) is 1. The standard InChI is InChI=1S/C11H19F3N2O2/c1-10(2,3)18-9(17)16-5-4-7(15)6-8(16)11(12,13)14/h7-8H,4-6,15H2,1-3H3/t7-,8+/m0/s1. The molecule has 1 amide bonds. The van der Waals surface area contributed by atoms with Crippen molar-refractivity contribution in [3.8, 4) is 0 Å². The summed E-state index contributed by atoms with van der Waals surface area (Å²) in [5.41, 5.74) is 4.72. The molecule has 0 radical (unpaired) electrons. The van der Waals surface area contributed by atoms with Crippen LogP contribution in [0.25, 0.3) is 0 Å². The topological polar surface area (TPSA) is 55.6 Å². The highest BCUT2D eigenvalue weighted by molar-refractivity contribution is 5.68. The SMILES string of the molecule is CC(C)(C)OC(=O)N1CC[C@H](N)C[C@@H]1C(F)(F)F. The molecule has 0 aromatic carbocycles. The minimum absolute atomic E-state index is 0.0275. The predicted molar refractivity (Wildman–Crippen MR) is 60.0 cm³/mol. The van der Waals surface area contributed by atoms with Crippen molar-refractivity contribution in [1.29, 1.82) is 0 Å². The maximum atomic E-state index is 12.9. The summed E-state index contributed by atoms with van der Waals surface area (Å²) in [5.74, 6) is 0. The van der Waals surface area contributed by atoms with E-state index >= 15 is 0 Å². The zero-order valence-corrected chi connectivity index (χ0v) is 10.8. The van der Waals surface area contributed by atoms with Crippen molar-refractivity contribution < 1.29 is 22.7 Å². The first-order valence-electron chi connectivity index (χ1n) is 5.82. The average Bonchev–Trinajstić information content (AvgIpc) is 2.13. The Balaban J connectivity index is 2.81. The Labute approximate surface area is 104 Å². The monoisotopic (exact) mass is 268 g/mol. The second-order valence-electron chi connectivity index (χ2n) is 5.52. The van der Waals surface area contributed by atoms with Gasteiger partial charge in [-0.25, -0.2) is 4.79 Å². The zero-order chi connectivity index (χ0) is 14.1. The number of nitrogens with zero attached hydrogens (tertiary/aromatic N) is 1. The number of hydrogen-bond donors (Lipinski definition) is 1. The molecule has 1 saturated heterocycles. The molecule has 106 valence electrons. The van der Waals surface area contributed by atoms with Crippen molar-refractivity contribution in [2.45, 2.75) is 57.5 Å². The summed E-state index contributed by atoms with van der Waals surface area (Å²) in [6, 6.07) is -2.38. The van der Waals surface area contributed by atoms with E-state index in [2.05, 4.69) is 0 Å². The van der Waals surface area contributed by atoms with Crippen molar-refractivity contribution in [1.82, 2.24) is 4.90 Å². The molecule has 2 N–H and O–H groups in total. The third kappa shape index (κ3) is 4.04. The number of hydrogen-bond acceptors (Lipinski definition) is 3. The third-order valence-electron chi connectivity index (χ3n) is 2.65. The minimum Gasteiger partial charge on any atom is -0.444 e. The van der Waals surface area contributed by atoms with Crippen LogP contribution in [-0.2, 0) is 4.74 Å². The number of carbonyl (C=O) groups excluding carboxylic acids is 1.